The number of hydrogen-bond donors (Lipinski definition) is 1. The van der Waals surface area contributed by atoms with Crippen LogP contribution in [0, 0.1) is 11.8 Å². The van der Waals surface area contributed by atoms with Gasteiger partial charge in [-0.25, -0.2) is 0 Å². The molecule has 0 radical (unpaired) electrons. The van der Waals surface area contributed by atoms with Gasteiger partial charge in [-0.15, -0.1) is 0 Å². The number of amides is 1. The van der Waals surface area contributed by atoms with Crippen molar-refractivity contribution in [2.45, 2.75) is 89.8 Å². The van der Waals surface area contributed by atoms with Crippen molar-refractivity contribution in [1.82, 2.24) is 10.2 Å². The van der Waals surface area contributed by atoms with Crippen molar-refractivity contribution >= 4 is 5.91 Å². The Kier molecular flexibility index (Phi) is 10.7. The Labute approximate surface area is 230 Å². The van der Waals surface area contributed by atoms with Crippen molar-refractivity contribution < 1.29 is 14.3 Å². The van der Waals surface area contributed by atoms with E-state index in [9.17, 15) is 4.79 Å². The Morgan fingerprint density at radius 1 is 0.974 bits per heavy atom. The summed E-state index contributed by atoms with van der Waals surface area (Å²) in [6, 6.07) is 18.9. The van der Waals surface area contributed by atoms with Crippen molar-refractivity contribution in [3.63, 3.8) is 0 Å². The Balaban J connectivity index is 1.51. The number of methoxy groups -OCH3 is 1. The lowest BCUT2D eigenvalue weighted by molar-refractivity contribution is -0.163. The van der Waals surface area contributed by atoms with E-state index >= 15 is 0 Å². The first kappa shape index (κ1) is 28.6. The van der Waals surface area contributed by atoms with Crippen LogP contribution in [0.3, 0.4) is 0 Å². The fourth-order valence-corrected chi connectivity index (χ4v) is 6.26. The van der Waals surface area contributed by atoms with Gasteiger partial charge in [-0.05, 0) is 67.7 Å². The third kappa shape index (κ3) is 7.39. The summed E-state index contributed by atoms with van der Waals surface area (Å²) < 4.78 is 12.3. The van der Waals surface area contributed by atoms with Gasteiger partial charge in [-0.2, -0.15) is 0 Å². The van der Waals surface area contributed by atoms with E-state index in [0.717, 1.165) is 82.3 Å². The quantitative estimate of drug-likeness (QED) is 0.316. The molecule has 4 rings (SSSR count). The van der Waals surface area contributed by atoms with Crippen LogP contribution in [0.15, 0.2) is 54.6 Å². The van der Waals surface area contributed by atoms with E-state index < -0.39 is 5.60 Å². The second kappa shape index (κ2) is 14.1. The zero-order valence-electron chi connectivity index (χ0n) is 23.8. The molecule has 0 spiro atoms. The number of carbonyl (C=O) groups excluding carboxylic acids is 1. The van der Waals surface area contributed by atoms with Crippen molar-refractivity contribution in [3.05, 3.63) is 65.7 Å². The Morgan fingerprint density at radius 3 is 2.29 bits per heavy atom. The molecule has 0 aromatic heterocycles. The van der Waals surface area contributed by atoms with E-state index in [2.05, 4.69) is 66.5 Å². The molecule has 1 saturated carbocycles. The van der Waals surface area contributed by atoms with Crippen LogP contribution in [-0.4, -0.2) is 43.7 Å². The molecule has 1 N–H and O–H groups in total. The van der Waals surface area contributed by atoms with Gasteiger partial charge in [0.15, 0.2) is 5.60 Å². The predicted molar refractivity (Wildman–Crippen MR) is 154 cm³/mol. The van der Waals surface area contributed by atoms with Crippen LogP contribution < -0.4 is 10.1 Å². The number of rotatable bonds is 12. The first-order valence-corrected chi connectivity index (χ1v) is 14.9. The second-order valence-corrected chi connectivity index (χ2v) is 11.7. The van der Waals surface area contributed by atoms with Gasteiger partial charge in [0.1, 0.15) is 5.75 Å². The zero-order chi connectivity index (χ0) is 26.8. The summed E-state index contributed by atoms with van der Waals surface area (Å²) in [4.78, 5) is 16.9. The van der Waals surface area contributed by atoms with E-state index in [0.29, 0.717) is 12.5 Å². The van der Waals surface area contributed by atoms with E-state index in [-0.39, 0.29) is 17.9 Å². The summed E-state index contributed by atoms with van der Waals surface area (Å²) in [6.07, 6.45) is 9.61. The van der Waals surface area contributed by atoms with Gasteiger partial charge in [0, 0.05) is 38.2 Å². The van der Waals surface area contributed by atoms with Crippen molar-refractivity contribution in [3.8, 4) is 5.75 Å². The highest BCUT2D eigenvalue weighted by Gasteiger charge is 2.49. The molecule has 1 amide bonds. The molecule has 2 aliphatic rings. The number of hydrogen-bond acceptors (Lipinski definition) is 4. The van der Waals surface area contributed by atoms with Crippen LogP contribution in [0.1, 0.15) is 82.8 Å². The van der Waals surface area contributed by atoms with Crippen LogP contribution in [0.25, 0.3) is 0 Å². The van der Waals surface area contributed by atoms with E-state index in [1.165, 1.54) is 12.0 Å². The fraction of sp³-hybridized carbons (Fsp3) is 0.606. The SMILES string of the molecule is COc1ccc(C(OCCCC(C)C)(C(=O)NC2CCN(Cc3ccccc3)CC2)C2CCCCC2)cc1. The molecule has 1 saturated heterocycles. The van der Waals surface area contributed by atoms with Gasteiger partial charge < -0.3 is 14.8 Å². The summed E-state index contributed by atoms with van der Waals surface area (Å²) in [7, 11) is 1.68. The second-order valence-electron chi connectivity index (χ2n) is 11.7. The van der Waals surface area contributed by atoms with Crippen LogP contribution >= 0.6 is 0 Å². The molecule has 1 unspecified atom stereocenters. The van der Waals surface area contributed by atoms with Gasteiger partial charge in [0.05, 0.1) is 7.11 Å². The minimum absolute atomic E-state index is 0.0561. The molecule has 2 aromatic rings. The topological polar surface area (TPSA) is 50.8 Å². The molecule has 1 heterocycles. The molecule has 1 aliphatic carbocycles. The normalized spacial score (nSPS) is 19.3. The highest BCUT2D eigenvalue weighted by atomic mass is 16.5. The largest absolute Gasteiger partial charge is 0.497 e. The summed E-state index contributed by atoms with van der Waals surface area (Å²) in [5.74, 6) is 1.67. The molecule has 208 valence electrons. The number of benzene rings is 2. The van der Waals surface area contributed by atoms with Crippen molar-refractivity contribution in [2.24, 2.45) is 11.8 Å². The van der Waals surface area contributed by atoms with Gasteiger partial charge in [-0.3, -0.25) is 9.69 Å². The third-order valence-electron chi connectivity index (χ3n) is 8.46. The molecule has 38 heavy (non-hydrogen) atoms. The molecule has 2 aromatic carbocycles. The highest BCUT2D eigenvalue weighted by Crippen LogP contribution is 2.43. The van der Waals surface area contributed by atoms with Gasteiger partial charge in [-0.1, -0.05) is 75.6 Å². The Bertz CT molecular complexity index is 963. The summed E-state index contributed by atoms with van der Waals surface area (Å²) in [5.41, 5.74) is 1.36. The van der Waals surface area contributed by atoms with E-state index in [1.54, 1.807) is 7.11 Å². The first-order valence-electron chi connectivity index (χ1n) is 14.9. The van der Waals surface area contributed by atoms with Gasteiger partial charge in [0.25, 0.3) is 5.91 Å². The highest BCUT2D eigenvalue weighted by molar-refractivity contribution is 5.87. The predicted octanol–water partition coefficient (Wildman–Crippen LogP) is 6.70. The van der Waals surface area contributed by atoms with Crippen molar-refractivity contribution in [1.29, 1.82) is 0 Å². The van der Waals surface area contributed by atoms with Crippen LogP contribution in [0.2, 0.25) is 0 Å². The summed E-state index contributed by atoms with van der Waals surface area (Å²) in [6.45, 7) is 8.05. The molecule has 2 fully saturated rings. The number of piperidine rings is 1. The fourth-order valence-electron chi connectivity index (χ4n) is 6.26. The average Bonchev–Trinajstić information content (AvgIpc) is 2.95. The molecule has 1 atom stereocenters. The number of nitrogens with zero attached hydrogens (tertiary/aromatic N) is 1. The maximum Gasteiger partial charge on any atom is 0.257 e. The lowest BCUT2D eigenvalue weighted by Gasteiger charge is -2.43. The standard InChI is InChI=1S/C33H48N2O3/c1-26(2)11-10-24-38-33(28-14-8-5-9-15-28,29-16-18-31(37-3)19-17-29)32(36)34-30-20-22-35(23-21-30)25-27-12-6-4-7-13-27/h4,6-7,12-13,16-19,26,28,30H,5,8-11,14-15,20-25H2,1-3H3,(H,34,36). The van der Waals surface area contributed by atoms with E-state index in [4.69, 9.17) is 9.47 Å². The summed E-state index contributed by atoms with van der Waals surface area (Å²) >= 11 is 0. The lowest BCUT2D eigenvalue weighted by atomic mass is 9.72. The molecular weight excluding hydrogens is 472 g/mol. The number of ether oxygens (including phenoxy) is 2. The third-order valence-corrected chi connectivity index (χ3v) is 8.46. The van der Waals surface area contributed by atoms with Gasteiger partial charge >= 0.3 is 0 Å². The van der Waals surface area contributed by atoms with Crippen LogP contribution in [0.5, 0.6) is 5.75 Å². The average molecular weight is 521 g/mol. The van der Waals surface area contributed by atoms with Crippen molar-refractivity contribution in [2.75, 3.05) is 26.8 Å². The van der Waals surface area contributed by atoms with Crippen LogP contribution in [-0.2, 0) is 21.7 Å². The number of likely N-dealkylation sites (tertiary alicyclic amines) is 1. The molecule has 5 heteroatoms. The maximum atomic E-state index is 14.4. The lowest BCUT2D eigenvalue weighted by Crippen LogP contribution is -2.56. The molecule has 5 nitrogen and oxygen atoms in total. The molecular formula is C33H48N2O3. The number of nitrogens with one attached hydrogen (secondary N) is 1. The van der Waals surface area contributed by atoms with Crippen LogP contribution in [0.4, 0.5) is 0 Å². The van der Waals surface area contributed by atoms with E-state index in [1.807, 2.05) is 12.1 Å². The number of carbonyl (C=O) groups is 1. The Morgan fingerprint density at radius 2 is 1.66 bits per heavy atom. The molecule has 0 bridgehead atoms. The minimum Gasteiger partial charge on any atom is -0.497 e. The first-order chi connectivity index (χ1) is 18.5. The Hall–Kier alpha value is -2.37. The van der Waals surface area contributed by atoms with Gasteiger partial charge in [0.2, 0.25) is 0 Å². The molecule has 1 aliphatic heterocycles. The zero-order valence-corrected chi connectivity index (χ0v) is 23.8. The smallest absolute Gasteiger partial charge is 0.257 e. The maximum absolute atomic E-state index is 14.4. The minimum atomic E-state index is -0.954. The summed E-state index contributed by atoms with van der Waals surface area (Å²) in [5, 5.41) is 3.50. The monoisotopic (exact) mass is 520 g/mol.